The van der Waals surface area contributed by atoms with E-state index in [1.165, 1.54) is 12.7 Å². The molecule has 2 rings (SSSR count). The fourth-order valence-corrected chi connectivity index (χ4v) is 1.00. The molecule has 4 nitrogen and oxygen atoms in total. The Morgan fingerprint density at radius 3 is 2.91 bits per heavy atom. The summed E-state index contributed by atoms with van der Waals surface area (Å²) in [5, 5.41) is 0. The molecule has 4 heteroatoms. The standard InChI is InChI=1S/C7H6N4/c1-2-7-6(9-5-11-7)3-8-4-10-7/h2-5H,1H2. The van der Waals surface area contributed by atoms with Gasteiger partial charge in [-0.25, -0.2) is 20.0 Å². The lowest BCUT2D eigenvalue weighted by Crippen LogP contribution is -2.32. The highest BCUT2D eigenvalue weighted by Gasteiger charge is 2.33. The number of hydrogen-bond acceptors (Lipinski definition) is 4. The van der Waals surface area contributed by atoms with Crippen molar-refractivity contribution in [2.24, 2.45) is 20.0 Å². The fourth-order valence-electron chi connectivity index (χ4n) is 1.00. The molecule has 2 aliphatic rings. The zero-order valence-electron chi connectivity index (χ0n) is 5.81. The average Bonchev–Trinajstić information content (AvgIpc) is 2.48. The SMILES string of the molecule is C=CC12N=CN=CC1=NC=N2. The molecule has 2 heterocycles. The first kappa shape index (κ1) is 6.15. The van der Waals surface area contributed by atoms with Gasteiger partial charge in [-0.15, -0.1) is 0 Å². The summed E-state index contributed by atoms with van der Waals surface area (Å²) in [6.07, 6.45) is 6.23. The predicted octanol–water partition coefficient (Wildman–Crippen LogP) is 0.464. The highest BCUT2D eigenvalue weighted by atomic mass is 15.2. The maximum absolute atomic E-state index is 4.07. The summed E-state index contributed by atoms with van der Waals surface area (Å²) in [4.78, 5) is 16.0. The minimum absolute atomic E-state index is 0.665. The molecule has 1 unspecified atom stereocenters. The van der Waals surface area contributed by atoms with Crippen molar-refractivity contribution in [3.63, 3.8) is 0 Å². The van der Waals surface area contributed by atoms with Crippen LogP contribution >= 0.6 is 0 Å². The van der Waals surface area contributed by atoms with Crippen LogP contribution in [0.25, 0.3) is 0 Å². The highest BCUT2D eigenvalue weighted by molar-refractivity contribution is 6.39. The molecule has 0 aromatic rings. The normalized spacial score (nSPS) is 31.8. The van der Waals surface area contributed by atoms with Gasteiger partial charge in [-0.2, -0.15) is 0 Å². The molecule has 0 amide bonds. The van der Waals surface area contributed by atoms with Gasteiger partial charge in [0.1, 0.15) is 18.4 Å². The first-order valence-corrected chi connectivity index (χ1v) is 3.20. The van der Waals surface area contributed by atoms with E-state index >= 15 is 0 Å². The topological polar surface area (TPSA) is 49.4 Å². The van der Waals surface area contributed by atoms with E-state index in [0.717, 1.165) is 5.71 Å². The van der Waals surface area contributed by atoms with E-state index in [0.29, 0.717) is 0 Å². The molecule has 0 spiro atoms. The van der Waals surface area contributed by atoms with Crippen LogP contribution in [0.15, 0.2) is 32.6 Å². The summed E-state index contributed by atoms with van der Waals surface area (Å²) >= 11 is 0. The largest absolute Gasteiger partial charge is 0.243 e. The van der Waals surface area contributed by atoms with Gasteiger partial charge in [-0.3, -0.25) is 0 Å². The van der Waals surface area contributed by atoms with Crippen LogP contribution in [0.2, 0.25) is 0 Å². The molecular weight excluding hydrogens is 140 g/mol. The summed E-state index contributed by atoms with van der Waals surface area (Å²) in [5.74, 6) is 0. The smallest absolute Gasteiger partial charge is 0.215 e. The zero-order chi connectivity index (χ0) is 7.73. The van der Waals surface area contributed by atoms with Gasteiger partial charge in [0.25, 0.3) is 0 Å². The Hall–Kier alpha value is -1.58. The molecule has 1 atom stereocenters. The van der Waals surface area contributed by atoms with Crippen molar-refractivity contribution >= 4 is 24.6 Å². The lowest BCUT2D eigenvalue weighted by molar-refractivity contribution is 0.771. The van der Waals surface area contributed by atoms with Crippen LogP contribution in [0, 0.1) is 0 Å². The van der Waals surface area contributed by atoms with Crippen LogP contribution in [0.1, 0.15) is 0 Å². The van der Waals surface area contributed by atoms with Gasteiger partial charge in [0.05, 0.1) is 6.21 Å². The van der Waals surface area contributed by atoms with E-state index < -0.39 is 5.66 Å². The predicted molar refractivity (Wildman–Crippen MR) is 45.8 cm³/mol. The van der Waals surface area contributed by atoms with Gasteiger partial charge in [-0.05, 0) is 6.08 Å². The van der Waals surface area contributed by atoms with E-state index in [-0.39, 0.29) is 0 Å². The van der Waals surface area contributed by atoms with E-state index in [1.54, 1.807) is 12.3 Å². The second-order valence-electron chi connectivity index (χ2n) is 2.21. The van der Waals surface area contributed by atoms with Crippen LogP contribution in [-0.4, -0.2) is 30.3 Å². The Balaban J connectivity index is 2.54. The summed E-state index contributed by atoms with van der Waals surface area (Å²) in [5.41, 5.74) is 0.0666. The Bertz CT molecular complexity index is 310. The van der Waals surface area contributed by atoms with Gasteiger partial charge in [0.2, 0.25) is 5.66 Å². The van der Waals surface area contributed by atoms with Crippen molar-refractivity contribution in [3.05, 3.63) is 12.7 Å². The first-order valence-electron chi connectivity index (χ1n) is 3.20. The molecule has 11 heavy (non-hydrogen) atoms. The highest BCUT2D eigenvalue weighted by Crippen LogP contribution is 2.21. The van der Waals surface area contributed by atoms with Gasteiger partial charge < -0.3 is 0 Å². The van der Waals surface area contributed by atoms with Crippen LogP contribution in [0.5, 0.6) is 0 Å². The molecule has 0 aliphatic carbocycles. The van der Waals surface area contributed by atoms with E-state index in [2.05, 4.69) is 26.5 Å². The third-order valence-electron chi connectivity index (χ3n) is 1.63. The molecule has 0 fully saturated rings. The number of hydrogen-bond donors (Lipinski definition) is 0. The lowest BCUT2D eigenvalue weighted by Gasteiger charge is -2.17. The second kappa shape index (κ2) is 1.95. The van der Waals surface area contributed by atoms with Crippen molar-refractivity contribution in [1.82, 2.24) is 0 Å². The molecular formula is C7H6N4. The zero-order valence-corrected chi connectivity index (χ0v) is 5.81. The Labute approximate surface area is 63.8 Å². The molecule has 0 saturated heterocycles. The molecule has 0 N–H and O–H groups in total. The quantitative estimate of drug-likeness (QED) is 0.483. The van der Waals surface area contributed by atoms with E-state index in [4.69, 9.17) is 0 Å². The molecule has 0 bridgehead atoms. The number of rotatable bonds is 1. The number of aliphatic imine (C=N–C) groups is 4. The summed E-state index contributed by atoms with van der Waals surface area (Å²) in [6.45, 7) is 3.65. The first-order chi connectivity index (χ1) is 5.37. The van der Waals surface area contributed by atoms with Crippen LogP contribution in [0.3, 0.4) is 0 Å². The summed E-state index contributed by atoms with van der Waals surface area (Å²) in [6, 6.07) is 0. The second-order valence-corrected chi connectivity index (χ2v) is 2.21. The Kier molecular flexibility index (Phi) is 1.09. The molecule has 2 aliphatic heterocycles. The van der Waals surface area contributed by atoms with Crippen LogP contribution < -0.4 is 0 Å². The molecule has 0 aromatic carbocycles. The minimum atomic E-state index is -0.665. The Morgan fingerprint density at radius 1 is 1.36 bits per heavy atom. The molecule has 54 valence electrons. The van der Waals surface area contributed by atoms with Crippen molar-refractivity contribution in [2.75, 3.05) is 0 Å². The fraction of sp³-hybridized carbons (Fsp3) is 0.143. The summed E-state index contributed by atoms with van der Waals surface area (Å²) in [7, 11) is 0. The lowest BCUT2D eigenvalue weighted by atomic mass is 10.1. The monoisotopic (exact) mass is 146 g/mol. The average molecular weight is 146 g/mol. The maximum atomic E-state index is 4.07. The van der Waals surface area contributed by atoms with Crippen molar-refractivity contribution in [1.29, 1.82) is 0 Å². The van der Waals surface area contributed by atoms with Gasteiger partial charge >= 0.3 is 0 Å². The maximum Gasteiger partial charge on any atom is 0.215 e. The van der Waals surface area contributed by atoms with Gasteiger partial charge in [0, 0.05) is 0 Å². The Morgan fingerprint density at radius 2 is 2.18 bits per heavy atom. The van der Waals surface area contributed by atoms with Crippen molar-refractivity contribution in [2.45, 2.75) is 5.66 Å². The number of nitrogens with zero attached hydrogens (tertiary/aromatic N) is 4. The van der Waals surface area contributed by atoms with Gasteiger partial charge in [-0.1, -0.05) is 6.58 Å². The summed E-state index contributed by atoms with van der Waals surface area (Å²) < 4.78 is 0. The number of fused-ring (bicyclic) bond motifs is 1. The van der Waals surface area contributed by atoms with Crippen LogP contribution in [-0.2, 0) is 0 Å². The van der Waals surface area contributed by atoms with Crippen LogP contribution in [0.4, 0.5) is 0 Å². The van der Waals surface area contributed by atoms with Crippen molar-refractivity contribution in [3.8, 4) is 0 Å². The van der Waals surface area contributed by atoms with E-state index in [9.17, 15) is 0 Å². The molecule has 0 radical (unpaired) electrons. The molecule has 0 saturated carbocycles. The van der Waals surface area contributed by atoms with Gasteiger partial charge in [0.15, 0.2) is 0 Å². The molecule has 0 aromatic heterocycles. The van der Waals surface area contributed by atoms with Crippen molar-refractivity contribution < 1.29 is 0 Å². The third-order valence-corrected chi connectivity index (χ3v) is 1.63. The van der Waals surface area contributed by atoms with E-state index in [1.807, 2.05) is 0 Å². The third kappa shape index (κ3) is 0.690. The minimum Gasteiger partial charge on any atom is -0.243 e.